The van der Waals surface area contributed by atoms with Gasteiger partial charge in [-0.1, -0.05) is 48.0 Å². The zero-order valence-corrected chi connectivity index (χ0v) is 19.5. The van der Waals surface area contributed by atoms with Crippen LogP contribution < -0.4 is 5.32 Å². The van der Waals surface area contributed by atoms with Gasteiger partial charge in [-0.2, -0.15) is 5.10 Å². The summed E-state index contributed by atoms with van der Waals surface area (Å²) in [5.74, 6) is 0.653. The minimum Gasteiger partial charge on any atom is -0.352 e. The summed E-state index contributed by atoms with van der Waals surface area (Å²) in [6.07, 6.45) is 4.76. The molecule has 170 valence electrons. The summed E-state index contributed by atoms with van der Waals surface area (Å²) in [7, 11) is 2.11. The van der Waals surface area contributed by atoms with E-state index in [0.717, 1.165) is 31.0 Å². The van der Waals surface area contributed by atoms with Crippen LogP contribution in [0.3, 0.4) is 0 Å². The van der Waals surface area contributed by atoms with Crippen molar-refractivity contribution in [3.8, 4) is 11.5 Å². The molecule has 6 nitrogen and oxygen atoms in total. The maximum atomic E-state index is 13.2. The number of carbonyl (C=O) groups excluding carboxylic acids is 1. The van der Waals surface area contributed by atoms with E-state index in [4.69, 9.17) is 5.10 Å². The fourth-order valence-electron chi connectivity index (χ4n) is 3.97. The average molecular weight is 442 g/mol. The molecule has 0 radical (unpaired) electrons. The lowest BCUT2D eigenvalue weighted by atomic mass is 10.2. The summed E-state index contributed by atoms with van der Waals surface area (Å²) in [5, 5.41) is 7.82. The van der Waals surface area contributed by atoms with Gasteiger partial charge in [-0.3, -0.25) is 4.79 Å². The lowest BCUT2D eigenvalue weighted by Crippen LogP contribution is -2.29. The summed E-state index contributed by atoms with van der Waals surface area (Å²) >= 11 is 0. The third kappa shape index (κ3) is 5.41. The number of aromatic nitrogens is 3. The summed E-state index contributed by atoms with van der Waals surface area (Å²) < 4.78 is 3.79. The Hall–Kier alpha value is -3.64. The first-order valence-electron chi connectivity index (χ1n) is 11.3. The van der Waals surface area contributed by atoms with Crippen molar-refractivity contribution < 1.29 is 4.79 Å². The molecular weight excluding hydrogens is 410 g/mol. The van der Waals surface area contributed by atoms with E-state index in [1.807, 2.05) is 58.9 Å². The molecule has 0 atom stereocenters. The standard InChI is InChI=1S/C27H31N5O/c1-21-12-14-24(15-13-21)32-27(31-18-7-8-19-31)25(22(2)29-32)26(33)28-16-9-17-30(3)20-23-10-5-4-6-11-23/h4-8,10-15,18-19H,9,16-17,20H2,1-3H3,(H,28,33). The Balaban J connectivity index is 1.45. The van der Waals surface area contributed by atoms with Gasteiger partial charge >= 0.3 is 0 Å². The largest absolute Gasteiger partial charge is 0.352 e. The van der Waals surface area contributed by atoms with Gasteiger partial charge < -0.3 is 14.8 Å². The highest BCUT2D eigenvalue weighted by atomic mass is 16.1. The molecule has 2 heterocycles. The van der Waals surface area contributed by atoms with Crippen molar-refractivity contribution in [1.82, 2.24) is 24.6 Å². The van der Waals surface area contributed by atoms with Crippen LogP contribution in [-0.2, 0) is 6.54 Å². The molecule has 0 aliphatic carbocycles. The number of hydrogen-bond acceptors (Lipinski definition) is 3. The van der Waals surface area contributed by atoms with Gasteiger partial charge in [0.2, 0.25) is 0 Å². The second-order valence-corrected chi connectivity index (χ2v) is 8.45. The Bertz CT molecular complexity index is 1180. The van der Waals surface area contributed by atoms with Crippen LogP contribution in [0.2, 0.25) is 0 Å². The summed E-state index contributed by atoms with van der Waals surface area (Å²) in [6, 6.07) is 22.5. The average Bonchev–Trinajstić information content (AvgIpc) is 3.45. The molecule has 2 aromatic carbocycles. The van der Waals surface area contributed by atoms with E-state index in [9.17, 15) is 4.79 Å². The van der Waals surface area contributed by atoms with Crippen LogP contribution in [0, 0.1) is 13.8 Å². The SMILES string of the molecule is Cc1ccc(-n2nc(C)c(C(=O)NCCCN(C)Cc3ccccc3)c2-n2cccc2)cc1. The molecule has 6 heteroatoms. The molecule has 1 N–H and O–H groups in total. The first-order chi connectivity index (χ1) is 16.0. The van der Waals surface area contributed by atoms with Crippen LogP contribution in [0.5, 0.6) is 0 Å². The number of aryl methyl sites for hydroxylation is 2. The summed E-state index contributed by atoms with van der Waals surface area (Å²) in [4.78, 5) is 15.5. The van der Waals surface area contributed by atoms with Crippen molar-refractivity contribution >= 4 is 5.91 Å². The first kappa shape index (κ1) is 22.6. The number of hydrogen-bond donors (Lipinski definition) is 1. The third-order valence-electron chi connectivity index (χ3n) is 5.69. The van der Waals surface area contributed by atoms with Gasteiger partial charge in [-0.05, 0) is 63.7 Å². The topological polar surface area (TPSA) is 55.1 Å². The molecule has 0 aliphatic rings. The quantitative estimate of drug-likeness (QED) is 0.388. The lowest BCUT2D eigenvalue weighted by molar-refractivity contribution is 0.0951. The van der Waals surface area contributed by atoms with Crippen molar-refractivity contribution in [2.24, 2.45) is 0 Å². The zero-order chi connectivity index (χ0) is 23.2. The van der Waals surface area contributed by atoms with E-state index < -0.39 is 0 Å². The molecule has 0 fully saturated rings. The maximum Gasteiger partial charge on any atom is 0.256 e. The predicted molar refractivity (Wildman–Crippen MR) is 132 cm³/mol. The minimum absolute atomic E-state index is 0.0970. The van der Waals surface area contributed by atoms with Gasteiger partial charge in [0.25, 0.3) is 5.91 Å². The highest BCUT2D eigenvalue weighted by Crippen LogP contribution is 2.23. The van der Waals surface area contributed by atoms with Crippen LogP contribution in [0.15, 0.2) is 79.1 Å². The molecule has 4 aromatic rings. The number of amides is 1. The molecule has 4 rings (SSSR count). The molecular formula is C27H31N5O. The van der Waals surface area contributed by atoms with Crippen LogP contribution in [0.1, 0.15) is 33.6 Å². The van der Waals surface area contributed by atoms with E-state index in [-0.39, 0.29) is 5.91 Å². The van der Waals surface area contributed by atoms with E-state index in [2.05, 4.69) is 60.6 Å². The van der Waals surface area contributed by atoms with Gasteiger partial charge in [0, 0.05) is 25.5 Å². The molecule has 0 aliphatic heterocycles. The molecule has 0 spiro atoms. The Morgan fingerprint density at radius 3 is 2.36 bits per heavy atom. The fraction of sp³-hybridized carbons (Fsp3) is 0.259. The lowest BCUT2D eigenvalue weighted by Gasteiger charge is -2.17. The Morgan fingerprint density at radius 1 is 0.970 bits per heavy atom. The van der Waals surface area contributed by atoms with Crippen LogP contribution in [0.25, 0.3) is 11.5 Å². The summed E-state index contributed by atoms with van der Waals surface area (Å²) in [6.45, 7) is 6.36. The van der Waals surface area contributed by atoms with Crippen molar-refractivity contribution in [2.45, 2.75) is 26.8 Å². The smallest absolute Gasteiger partial charge is 0.256 e. The molecule has 0 unspecified atom stereocenters. The van der Waals surface area contributed by atoms with Crippen molar-refractivity contribution in [3.63, 3.8) is 0 Å². The van der Waals surface area contributed by atoms with Gasteiger partial charge in [-0.25, -0.2) is 4.68 Å². The van der Waals surface area contributed by atoms with E-state index in [1.165, 1.54) is 11.1 Å². The van der Waals surface area contributed by atoms with E-state index >= 15 is 0 Å². The fourth-order valence-corrected chi connectivity index (χ4v) is 3.97. The molecule has 2 aromatic heterocycles. The number of carbonyl (C=O) groups is 1. The van der Waals surface area contributed by atoms with Crippen LogP contribution in [0.4, 0.5) is 0 Å². The second-order valence-electron chi connectivity index (χ2n) is 8.45. The second kappa shape index (κ2) is 10.3. The van der Waals surface area contributed by atoms with E-state index in [0.29, 0.717) is 17.8 Å². The zero-order valence-electron chi connectivity index (χ0n) is 19.5. The van der Waals surface area contributed by atoms with Gasteiger partial charge in [0.1, 0.15) is 5.56 Å². The molecule has 0 saturated carbocycles. The molecule has 1 amide bonds. The van der Waals surface area contributed by atoms with Gasteiger partial charge in [-0.15, -0.1) is 0 Å². The van der Waals surface area contributed by atoms with Crippen molar-refractivity contribution in [2.75, 3.05) is 20.1 Å². The highest BCUT2D eigenvalue weighted by molar-refractivity contribution is 5.98. The van der Waals surface area contributed by atoms with Gasteiger partial charge in [0.05, 0.1) is 11.4 Å². The van der Waals surface area contributed by atoms with Crippen molar-refractivity contribution in [3.05, 3.63) is 102 Å². The Kier molecular flexibility index (Phi) is 7.05. The number of rotatable bonds is 9. The number of benzene rings is 2. The summed E-state index contributed by atoms with van der Waals surface area (Å²) in [5.41, 5.74) is 4.70. The Labute approximate surface area is 195 Å². The Morgan fingerprint density at radius 2 is 1.67 bits per heavy atom. The molecule has 0 saturated heterocycles. The highest BCUT2D eigenvalue weighted by Gasteiger charge is 2.23. The van der Waals surface area contributed by atoms with Gasteiger partial charge in [0.15, 0.2) is 5.82 Å². The van der Waals surface area contributed by atoms with Crippen LogP contribution >= 0.6 is 0 Å². The van der Waals surface area contributed by atoms with E-state index in [1.54, 1.807) is 0 Å². The normalized spacial score (nSPS) is 11.2. The first-order valence-corrected chi connectivity index (χ1v) is 11.3. The minimum atomic E-state index is -0.0970. The number of nitrogens with one attached hydrogen (secondary N) is 1. The number of nitrogens with zero attached hydrogens (tertiary/aromatic N) is 4. The monoisotopic (exact) mass is 441 g/mol. The predicted octanol–water partition coefficient (Wildman–Crippen LogP) is 4.53. The third-order valence-corrected chi connectivity index (χ3v) is 5.69. The van der Waals surface area contributed by atoms with Crippen LogP contribution in [-0.4, -0.2) is 45.3 Å². The molecule has 33 heavy (non-hydrogen) atoms. The maximum absolute atomic E-state index is 13.2. The van der Waals surface area contributed by atoms with Crippen molar-refractivity contribution in [1.29, 1.82) is 0 Å². The molecule has 0 bridgehead atoms.